The SMILES string of the molecule is CC[C@@H](CO)NC1CC(c2ccc(F)cc2)C1. The Hall–Kier alpha value is -0.930. The summed E-state index contributed by atoms with van der Waals surface area (Å²) in [7, 11) is 0. The minimum absolute atomic E-state index is 0.172. The van der Waals surface area contributed by atoms with E-state index in [4.69, 9.17) is 5.11 Å². The van der Waals surface area contributed by atoms with Crippen LogP contribution in [0.5, 0.6) is 0 Å². The summed E-state index contributed by atoms with van der Waals surface area (Å²) in [5.41, 5.74) is 1.22. The Morgan fingerprint density at radius 3 is 2.53 bits per heavy atom. The van der Waals surface area contributed by atoms with Crippen LogP contribution in [0.4, 0.5) is 4.39 Å². The van der Waals surface area contributed by atoms with Crippen LogP contribution in [0, 0.1) is 5.82 Å². The number of rotatable bonds is 5. The van der Waals surface area contributed by atoms with Gasteiger partial charge in [-0.3, -0.25) is 0 Å². The van der Waals surface area contributed by atoms with E-state index in [2.05, 4.69) is 12.2 Å². The zero-order valence-electron chi connectivity index (χ0n) is 10.2. The number of aliphatic hydroxyl groups excluding tert-OH is 1. The number of halogens is 1. The average Bonchev–Trinajstić information content (AvgIpc) is 2.30. The third-order valence-electron chi connectivity index (χ3n) is 3.66. The molecule has 0 aromatic heterocycles. The summed E-state index contributed by atoms with van der Waals surface area (Å²) < 4.78 is 12.8. The third-order valence-corrected chi connectivity index (χ3v) is 3.66. The monoisotopic (exact) mass is 237 g/mol. The second-order valence-electron chi connectivity index (χ2n) is 4.87. The van der Waals surface area contributed by atoms with E-state index < -0.39 is 0 Å². The van der Waals surface area contributed by atoms with Gasteiger partial charge >= 0.3 is 0 Å². The topological polar surface area (TPSA) is 32.3 Å². The molecule has 1 aliphatic carbocycles. The Balaban J connectivity index is 1.80. The van der Waals surface area contributed by atoms with Crippen LogP contribution in [-0.4, -0.2) is 23.8 Å². The number of nitrogens with one attached hydrogen (secondary N) is 1. The van der Waals surface area contributed by atoms with Gasteiger partial charge in [0.25, 0.3) is 0 Å². The molecule has 2 nitrogen and oxygen atoms in total. The van der Waals surface area contributed by atoms with Gasteiger partial charge in [-0.1, -0.05) is 19.1 Å². The fraction of sp³-hybridized carbons (Fsp3) is 0.571. The summed E-state index contributed by atoms with van der Waals surface area (Å²) in [6, 6.07) is 7.52. The quantitative estimate of drug-likeness (QED) is 0.824. The molecule has 1 aromatic rings. The zero-order valence-corrected chi connectivity index (χ0v) is 10.2. The molecule has 0 unspecified atom stereocenters. The highest BCUT2D eigenvalue weighted by atomic mass is 19.1. The predicted molar refractivity (Wildman–Crippen MR) is 66.5 cm³/mol. The Labute approximate surface area is 102 Å². The van der Waals surface area contributed by atoms with Crippen molar-refractivity contribution in [2.75, 3.05) is 6.61 Å². The molecule has 2 N–H and O–H groups in total. The van der Waals surface area contributed by atoms with Crippen molar-refractivity contribution < 1.29 is 9.50 Å². The Kier molecular flexibility index (Phi) is 4.13. The second-order valence-corrected chi connectivity index (χ2v) is 4.87. The van der Waals surface area contributed by atoms with Crippen molar-refractivity contribution in [3.8, 4) is 0 Å². The molecule has 17 heavy (non-hydrogen) atoms. The first kappa shape index (κ1) is 12.5. The van der Waals surface area contributed by atoms with E-state index in [-0.39, 0.29) is 18.5 Å². The number of benzene rings is 1. The van der Waals surface area contributed by atoms with Crippen LogP contribution in [0.2, 0.25) is 0 Å². The summed E-state index contributed by atoms with van der Waals surface area (Å²) in [5.74, 6) is 0.373. The molecule has 0 spiro atoms. The fourth-order valence-corrected chi connectivity index (χ4v) is 2.39. The van der Waals surface area contributed by atoms with Crippen molar-refractivity contribution in [1.29, 1.82) is 0 Å². The molecule has 1 saturated carbocycles. The van der Waals surface area contributed by atoms with Crippen LogP contribution >= 0.6 is 0 Å². The van der Waals surface area contributed by atoms with E-state index in [0.29, 0.717) is 12.0 Å². The van der Waals surface area contributed by atoms with Gasteiger partial charge in [0, 0.05) is 12.1 Å². The van der Waals surface area contributed by atoms with Gasteiger partial charge in [-0.05, 0) is 42.9 Å². The molecule has 0 bridgehead atoms. The average molecular weight is 237 g/mol. The van der Waals surface area contributed by atoms with E-state index in [9.17, 15) is 4.39 Å². The lowest BCUT2D eigenvalue weighted by atomic mass is 9.75. The Morgan fingerprint density at radius 2 is 2.00 bits per heavy atom. The number of hydrogen-bond acceptors (Lipinski definition) is 2. The second kappa shape index (κ2) is 5.61. The molecule has 0 aliphatic heterocycles. The summed E-state index contributed by atoms with van der Waals surface area (Å²) in [5, 5.41) is 12.5. The lowest BCUT2D eigenvalue weighted by Crippen LogP contribution is -2.46. The summed E-state index contributed by atoms with van der Waals surface area (Å²) >= 11 is 0. The smallest absolute Gasteiger partial charge is 0.123 e. The van der Waals surface area contributed by atoms with Crippen molar-refractivity contribution >= 4 is 0 Å². The molecule has 3 heteroatoms. The fourth-order valence-electron chi connectivity index (χ4n) is 2.39. The van der Waals surface area contributed by atoms with Crippen molar-refractivity contribution in [2.24, 2.45) is 0 Å². The molecular formula is C14H20FNO. The van der Waals surface area contributed by atoms with Crippen LogP contribution in [0.25, 0.3) is 0 Å². The highest BCUT2D eigenvalue weighted by Crippen LogP contribution is 2.37. The van der Waals surface area contributed by atoms with Gasteiger partial charge in [-0.15, -0.1) is 0 Å². The van der Waals surface area contributed by atoms with Gasteiger partial charge in [-0.25, -0.2) is 4.39 Å². The Morgan fingerprint density at radius 1 is 1.35 bits per heavy atom. The van der Waals surface area contributed by atoms with Crippen molar-refractivity contribution in [1.82, 2.24) is 5.32 Å². The minimum Gasteiger partial charge on any atom is -0.395 e. The molecule has 1 fully saturated rings. The molecule has 0 heterocycles. The van der Waals surface area contributed by atoms with Gasteiger partial charge in [0.05, 0.1) is 6.61 Å². The van der Waals surface area contributed by atoms with E-state index in [0.717, 1.165) is 19.3 Å². The van der Waals surface area contributed by atoms with Crippen molar-refractivity contribution in [3.05, 3.63) is 35.6 Å². The first-order valence-corrected chi connectivity index (χ1v) is 6.35. The van der Waals surface area contributed by atoms with Gasteiger partial charge in [0.15, 0.2) is 0 Å². The maximum absolute atomic E-state index is 12.8. The molecule has 1 aliphatic rings. The lowest BCUT2D eigenvalue weighted by Gasteiger charge is -2.38. The molecule has 1 aromatic carbocycles. The molecule has 0 radical (unpaired) electrons. The number of hydrogen-bond donors (Lipinski definition) is 2. The van der Waals surface area contributed by atoms with Gasteiger partial charge in [0.2, 0.25) is 0 Å². The van der Waals surface area contributed by atoms with Crippen LogP contribution in [0.1, 0.15) is 37.7 Å². The van der Waals surface area contributed by atoms with Crippen LogP contribution < -0.4 is 5.32 Å². The zero-order chi connectivity index (χ0) is 12.3. The highest BCUT2D eigenvalue weighted by Gasteiger charge is 2.31. The molecular weight excluding hydrogens is 217 g/mol. The van der Waals surface area contributed by atoms with E-state index in [1.54, 1.807) is 0 Å². The highest BCUT2D eigenvalue weighted by molar-refractivity contribution is 5.23. The summed E-state index contributed by atoms with van der Waals surface area (Å²) in [6.45, 7) is 2.28. The van der Waals surface area contributed by atoms with Crippen molar-refractivity contribution in [3.63, 3.8) is 0 Å². The Bertz CT molecular complexity index is 342. The third kappa shape index (κ3) is 3.05. The molecule has 2 rings (SSSR count). The van der Waals surface area contributed by atoms with Gasteiger partial charge in [-0.2, -0.15) is 0 Å². The first-order chi connectivity index (χ1) is 8.22. The van der Waals surface area contributed by atoms with Gasteiger partial charge < -0.3 is 10.4 Å². The molecule has 94 valence electrons. The first-order valence-electron chi connectivity index (χ1n) is 6.35. The standard InChI is InChI=1S/C14H20FNO/c1-2-13(9-17)16-14-7-11(8-14)10-3-5-12(15)6-4-10/h3-6,11,13-14,16-17H,2,7-9H2,1H3/t11?,13-,14?/m0/s1. The molecule has 1 atom stereocenters. The maximum atomic E-state index is 12.8. The molecule has 0 saturated heterocycles. The van der Waals surface area contributed by atoms with Crippen LogP contribution in [0.3, 0.4) is 0 Å². The summed E-state index contributed by atoms with van der Waals surface area (Å²) in [4.78, 5) is 0. The van der Waals surface area contributed by atoms with E-state index >= 15 is 0 Å². The van der Waals surface area contributed by atoms with E-state index in [1.807, 2.05) is 12.1 Å². The lowest BCUT2D eigenvalue weighted by molar-refractivity contribution is 0.193. The van der Waals surface area contributed by atoms with Crippen LogP contribution in [-0.2, 0) is 0 Å². The minimum atomic E-state index is -0.172. The van der Waals surface area contributed by atoms with Crippen LogP contribution in [0.15, 0.2) is 24.3 Å². The largest absolute Gasteiger partial charge is 0.395 e. The van der Waals surface area contributed by atoms with Crippen molar-refractivity contribution in [2.45, 2.75) is 44.2 Å². The van der Waals surface area contributed by atoms with Gasteiger partial charge in [0.1, 0.15) is 5.82 Å². The normalized spacial score (nSPS) is 25.4. The number of aliphatic hydroxyl groups is 1. The summed E-state index contributed by atoms with van der Waals surface area (Å²) in [6.07, 6.45) is 3.12. The van der Waals surface area contributed by atoms with E-state index in [1.165, 1.54) is 17.7 Å². The molecule has 0 amide bonds. The predicted octanol–water partition coefficient (Wildman–Crippen LogP) is 2.43. The maximum Gasteiger partial charge on any atom is 0.123 e.